The summed E-state index contributed by atoms with van der Waals surface area (Å²) in [4.78, 5) is 2.45. The van der Waals surface area contributed by atoms with Crippen molar-refractivity contribution in [3.05, 3.63) is 163 Å². The molecule has 3 heteroatoms. The van der Waals surface area contributed by atoms with Crippen LogP contribution in [0, 0.1) is 0 Å². The fourth-order valence-electron chi connectivity index (χ4n) is 7.91. The van der Waals surface area contributed by atoms with E-state index in [2.05, 4.69) is 170 Å². The van der Waals surface area contributed by atoms with Gasteiger partial charge in [0.2, 0.25) is 0 Å². The molecule has 0 saturated heterocycles. The molecule has 2 aromatic heterocycles. The van der Waals surface area contributed by atoms with Gasteiger partial charge in [0.25, 0.3) is 0 Å². The molecule has 0 N–H and O–H groups in total. The minimum absolute atomic E-state index is 0.101. The highest BCUT2D eigenvalue weighted by Crippen LogP contribution is 2.53. The first-order valence-corrected chi connectivity index (χ1v) is 17.3. The molecule has 48 heavy (non-hydrogen) atoms. The van der Waals surface area contributed by atoms with Gasteiger partial charge in [-0.15, -0.1) is 11.3 Å². The lowest BCUT2D eigenvalue weighted by molar-refractivity contribution is 0.660. The molecular weight excluding hydrogens is 603 g/mol. The highest BCUT2D eigenvalue weighted by atomic mass is 32.1. The maximum atomic E-state index is 6.78. The quantitative estimate of drug-likeness (QED) is 0.192. The maximum Gasteiger partial charge on any atom is 0.144 e. The van der Waals surface area contributed by atoms with Gasteiger partial charge >= 0.3 is 0 Å². The Bertz CT molecular complexity index is 2700. The van der Waals surface area contributed by atoms with Crippen molar-refractivity contribution in [2.45, 2.75) is 19.3 Å². The minimum atomic E-state index is -0.101. The summed E-state index contributed by atoms with van der Waals surface area (Å²) >= 11 is 1.84. The van der Waals surface area contributed by atoms with Gasteiger partial charge in [-0.25, -0.2) is 0 Å². The summed E-state index contributed by atoms with van der Waals surface area (Å²) in [5, 5.41) is 4.66. The van der Waals surface area contributed by atoms with Crippen molar-refractivity contribution in [2.24, 2.45) is 0 Å². The standard InChI is InChI=1S/C45H31NOS/c1-45(2)37-19-11-9-17-32(37)33-23-22-31(26-38(33)45)46(30-15-7-4-8-16-30)39-27-36-35-25-29(28-13-5-3-6-14-28)21-24-40(35)47-43(36)42-34-18-10-12-20-41(34)48-44(39)42/h3-27H,1-2H3. The van der Waals surface area contributed by atoms with E-state index in [-0.39, 0.29) is 5.41 Å². The molecule has 0 radical (unpaired) electrons. The number of hydrogen-bond acceptors (Lipinski definition) is 3. The summed E-state index contributed by atoms with van der Waals surface area (Å²) in [6, 6.07) is 55.0. The third-order valence-corrected chi connectivity index (χ3v) is 11.4. The van der Waals surface area contributed by atoms with Crippen LogP contribution in [0.4, 0.5) is 17.1 Å². The Morgan fingerprint density at radius 1 is 0.542 bits per heavy atom. The average molecular weight is 634 g/mol. The second-order valence-electron chi connectivity index (χ2n) is 13.3. The van der Waals surface area contributed by atoms with Gasteiger partial charge in [0.15, 0.2) is 0 Å². The second-order valence-corrected chi connectivity index (χ2v) is 14.4. The zero-order chi connectivity index (χ0) is 32.0. The van der Waals surface area contributed by atoms with Crippen LogP contribution in [0.3, 0.4) is 0 Å². The Labute approximate surface area is 283 Å². The van der Waals surface area contributed by atoms with E-state index < -0.39 is 0 Å². The molecule has 2 nitrogen and oxygen atoms in total. The predicted octanol–water partition coefficient (Wildman–Crippen LogP) is 13.4. The van der Waals surface area contributed by atoms with Crippen LogP contribution >= 0.6 is 11.3 Å². The molecule has 2 heterocycles. The summed E-state index contributed by atoms with van der Waals surface area (Å²) in [5.41, 5.74) is 13.0. The third-order valence-electron chi connectivity index (χ3n) is 10.3. The molecule has 0 spiro atoms. The number of hydrogen-bond donors (Lipinski definition) is 0. The van der Waals surface area contributed by atoms with Crippen molar-refractivity contribution >= 4 is 70.5 Å². The van der Waals surface area contributed by atoms with Crippen LogP contribution in [0.1, 0.15) is 25.0 Å². The van der Waals surface area contributed by atoms with Crippen molar-refractivity contribution in [2.75, 3.05) is 4.90 Å². The number of para-hydroxylation sites is 1. The smallest absolute Gasteiger partial charge is 0.144 e. The molecule has 7 aromatic carbocycles. The first kappa shape index (κ1) is 27.5. The molecule has 0 atom stereocenters. The van der Waals surface area contributed by atoms with Crippen LogP contribution in [0.2, 0.25) is 0 Å². The van der Waals surface area contributed by atoms with Gasteiger partial charge in [-0.3, -0.25) is 0 Å². The number of benzene rings is 7. The number of furan rings is 1. The van der Waals surface area contributed by atoms with Crippen LogP contribution in [0.5, 0.6) is 0 Å². The predicted molar refractivity (Wildman–Crippen MR) is 204 cm³/mol. The van der Waals surface area contributed by atoms with Gasteiger partial charge in [0, 0.05) is 43.0 Å². The number of nitrogens with zero attached hydrogens (tertiary/aromatic N) is 1. The van der Waals surface area contributed by atoms with E-state index in [1.165, 1.54) is 53.6 Å². The molecule has 10 rings (SSSR count). The lowest BCUT2D eigenvalue weighted by Gasteiger charge is -2.28. The second kappa shape index (κ2) is 10.2. The van der Waals surface area contributed by atoms with Crippen LogP contribution in [-0.2, 0) is 5.41 Å². The minimum Gasteiger partial charge on any atom is -0.455 e. The monoisotopic (exact) mass is 633 g/mol. The van der Waals surface area contributed by atoms with E-state index in [1.807, 2.05) is 11.3 Å². The van der Waals surface area contributed by atoms with E-state index in [0.29, 0.717) is 0 Å². The molecule has 0 fully saturated rings. The molecule has 228 valence electrons. The molecule has 1 aliphatic rings. The van der Waals surface area contributed by atoms with Crippen molar-refractivity contribution in [1.82, 2.24) is 0 Å². The van der Waals surface area contributed by atoms with Gasteiger partial charge in [0.1, 0.15) is 11.2 Å². The molecule has 0 unspecified atom stereocenters. The largest absolute Gasteiger partial charge is 0.455 e. The van der Waals surface area contributed by atoms with E-state index in [0.717, 1.165) is 39.0 Å². The molecule has 0 saturated carbocycles. The Kier molecular flexibility index (Phi) is 5.82. The summed E-state index contributed by atoms with van der Waals surface area (Å²) < 4.78 is 9.26. The maximum absolute atomic E-state index is 6.78. The van der Waals surface area contributed by atoms with Gasteiger partial charge < -0.3 is 9.32 Å². The number of rotatable bonds is 4. The summed E-state index contributed by atoms with van der Waals surface area (Å²) in [7, 11) is 0. The highest BCUT2D eigenvalue weighted by Gasteiger charge is 2.36. The highest BCUT2D eigenvalue weighted by molar-refractivity contribution is 7.26. The zero-order valence-electron chi connectivity index (χ0n) is 26.7. The zero-order valence-corrected chi connectivity index (χ0v) is 27.5. The van der Waals surface area contributed by atoms with Crippen molar-refractivity contribution in [3.8, 4) is 22.3 Å². The fraction of sp³-hybridized carbons (Fsp3) is 0.0667. The first-order chi connectivity index (χ1) is 23.6. The summed E-state index contributed by atoms with van der Waals surface area (Å²) in [6.45, 7) is 4.71. The fourth-order valence-corrected chi connectivity index (χ4v) is 9.12. The normalized spacial score (nSPS) is 13.4. The van der Waals surface area contributed by atoms with E-state index >= 15 is 0 Å². The Balaban J connectivity index is 1.29. The van der Waals surface area contributed by atoms with Crippen LogP contribution in [-0.4, -0.2) is 0 Å². The number of fused-ring (bicyclic) bond motifs is 10. The summed E-state index contributed by atoms with van der Waals surface area (Å²) in [6.07, 6.45) is 0. The topological polar surface area (TPSA) is 16.4 Å². The number of anilines is 3. The van der Waals surface area contributed by atoms with Crippen molar-refractivity contribution < 1.29 is 4.42 Å². The van der Waals surface area contributed by atoms with Gasteiger partial charge in [0.05, 0.1) is 10.4 Å². The Hall–Kier alpha value is -5.64. The first-order valence-electron chi connectivity index (χ1n) is 16.5. The number of thiophene rings is 1. The van der Waals surface area contributed by atoms with Crippen LogP contribution in [0.25, 0.3) is 64.4 Å². The van der Waals surface area contributed by atoms with Crippen molar-refractivity contribution in [3.63, 3.8) is 0 Å². The van der Waals surface area contributed by atoms with E-state index in [9.17, 15) is 0 Å². The molecule has 0 amide bonds. The third kappa shape index (κ3) is 3.92. The lowest BCUT2D eigenvalue weighted by atomic mass is 9.82. The van der Waals surface area contributed by atoms with Crippen LogP contribution < -0.4 is 4.90 Å². The Morgan fingerprint density at radius 2 is 1.27 bits per heavy atom. The van der Waals surface area contributed by atoms with Gasteiger partial charge in [-0.2, -0.15) is 0 Å². The molecule has 1 aliphatic carbocycles. The van der Waals surface area contributed by atoms with Gasteiger partial charge in [-0.1, -0.05) is 117 Å². The Morgan fingerprint density at radius 3 is 2.12 bits per heavy atom. The molecule has 0 bridgehead atoms. The molecule has 9 aromatic rings. The van der Waals surface area contributed by atoms with E-state index in [1.54, 1.807) is 0 Å². The molecular formula is C45H31NOS. The molecule has 0 aliphatic heterocycles. The van der Waals surface area contributed by atoms with Crippen molar-refractivity contribution in [1.29, 1.82) is 0 Å². The van der Waals surface area contributed by atoms with E-state index in [4.69, 9.17) is 4.42 Å². The van der Waals surface area contributed by atoms with Gasteiger partial charge in [-0.05, 0) is 81.9 Å². The summed E-state index contributed by atoms with van der Waals surface area (Å²) in [5.74, 6) is 0. The van der Waals surface area contributed by atoms with Crippen LogP contribution in [0.15, 0.2) is 156 Å². The lowest BCUT2D eigenvalue weighted by Crippen LogP contribution is -2.16. The SMILES string of the molecule is CC1(C)c2ccccc2-c2ccc(N(c3ccccc3)c3cc4c5cc(-c6ccccc6)ccc5oc4c4c3sc3ccccc34)cc21. The average Bonchev–Trinajstić information content (AvgIpc) is 3.77.